The van der Waals surface area contributed by atoms with Gasteiger partial charge in [-0.15, -0.1) is 0 Å². The Morgan fingerprint density at radius 3 is 2.65 bits per heavy atom. The summed E-state index contributed by atoms with van der Waals surface area (Å²) in [4.78, 5) is 5.01. The van der Waals surface area contributed by atoms with Crippen molar-refractivity contribution in [1.82, 2.24) is 4.98 Å². The number of aryl methyl sites for hydroxylation is 2. The molecule has 110 valence electrons. The predicted octanol–water partition coefficient (Wildman–Crippen LogP) is 3.42. The van der Waals surface area contributed by atoms with Gasteiger partial charge in [0.15, 0.2) is 0 Å². The van der Waals surface area contributed by atoms with Crippen molar-refractivity contribution < 1.29 is 0 Å². The van der Waals surface area contributed by atoms with Crippen LogP contribution in [0.2, 0.25) is 0 Å². The maximum atomic E-state index is 5.86. The van der Waals surface area contributed by atoms with E-state index in [-0.39, 0.29) is 0 Å². The molecule has 1 heterocycles. The summed E-state index contributed by atoms with van der Waals surface area (Å²) in [6.07, 6.45) is 7.40. The van der Waals surface area contributed by atoms with Gasteiger partial charge in [-0.1, -0.05) is 25.1 Å². The Labute approximate surface area is 131 Å². The molecule has 0 radical (unpaired) electrons. The second kappa shape index (κ2) is 6.31. The van der Waals surface area contributed by atoms with E-state index in [9.17, 15) is 0 Å². The number of rotatable bonds is 5. The summed E-state index contributed by atoms with van der Waals surface area (Å²) < 4.78 is 0.340. The van der Waals surface area contributed by atoms with Crippen LogP contribution in [0.25, 0.3) is 0 Å². The van der Waals surface area contributed by atoms with Crippen molar-refractivity contribution in [2.24, 2.45) is 5.73 Å². The van der Waals surface area contributed by atoms with Crippen molar-refractivity contribution in [3.8, 4) is 0 Å². The van der Waals surface area contributed by atoms with Gasteiger partial charge in [-0.2, -0.15) is 11.8 Å². The first kappa shape index (κ1) is 15.6. The lowest BCUT2D eigenvalue weighted by molar-refractivity contribution is 0.638. The van der Waals surface area contributed by atoms with Crippen LogP contribution in [0.5, 0.6) is 0 Å². The number of hydrogen-bond donors (Lipinski definition) is 2. The van der Waals surface area contributed by atoms with Gasteiger partial charge >= 0.3 is 0 Å². The number of hydrogen-bond acceptors (Lipinski definition) is 4. The monoisotopic (exact) mass is 309 g/mol. The molecule has 0 aromatic carbocycles. The summed E-state index contributed by atoms with van der Waals surface area (Å²) in [7, 11) is 0. The van der Waals surface area contributed by atoms with E-state index in [1.807, 2.05) is 31.7 Å². The molecule has 0 bridgehead atoms. The standard InChI is InChI=1S/C15H23N3S2/c1-10-8-11(2)18-14(12(10)13(16)19)17-9-15(20-3)6-4-5-7-15/h8H,4-7,9H2,1-3H3,(H2,16,19)(H,17,18). The summed E-state index contributed by atoms with van der Waals surface area (Å²) in [5.74, 6) is 0.843. The summed E-state index contributed by atoms with van der Waals surface area (Å²) in [6, 6.07) is 2.03. The molecule has 1 aromatic rings. The van der Waals surface area contributed by atoms with Gasteiger partial charge in [0.1, 0.15) is 10.8 Å². The van der Waals surface area contributed by atoms with Crippen molar-refractivity contribution >= 4 is 34.8 Å². The van der Waals surface area contributed by atoms with Crippen LogP contribution in [0, 0.1) is 13.8 Å². The molecule has 0 amide bonds. The van der Waals surface area contributed by atoms with E-state index in [1.54, 1.807) is 0 Å². The molecule has 5 heteroatoms. The Balaban J connectivity index is 2.22. The predicted molar refractivity (Wildman–Crippen MR) is 92.8 cm³/mol. The normalized spacial score (nSPS) is 17.1. The van der Waals surface area contributed by atoms with E-state index < -0.39 is 0 Å². The summed E-state index contributed by atoms with van der Waals surface area (Å²) in [6.45, 7) is 4.97. The van der Waals surface area contributed by atoms with E-state index in [1.165, 1.54) is 25.7 Å². The third-order valence-corrected chi connectivity index (χ3v) is 5.74. The van der Waals surface area contributed by atoms with Crippen molar-refractivity contribution in [1.29, 1.82) is 0 Å². The molecular formula is C15H23N3S2. The van der Waals surface area contributed by atoms with Crippen LogP contribution in [-0.2, 0) is 0 Å². The highest BCUT2D eigenvalue weighted by Gasteiger charge is 2.33. The van der Waals surface area contributed by atoms with Crippen molar-refractivity contribution in [3.05, 3.63) is 22.9 Å². The lowest BCUT2D eigenvalue weighted by Gasteiger charge is -2.28. The van der Waals surface area contributed by atoms with Gasteiger partial charge in [0.05, 0.1) is 5.56 Å². The summed E-state index contributed by atoms with van der Waals surface area (Å²) >= 11 is 7.15. The number of nitrogens with two attached hydrogens (primary N) is 1. The quantitative estimate of drug-likeness (QED) is 0.816. The average Bonchev–Trinajstić information content (AvgIpc) is 2.84. The van der Waals surface area contributed by atoms with Gasteiger partial charge in [0.2, 0.25) is 0 Å². The Hall–Kier alpha value is -0.810. The molecule has 0 atom stereocenters. The van der Waals surface area contributed by atoms with E-state index in [0.717, 1.165) is 29.2 Å². The third kappa shape index (κ3) is 3.26. The Kier molecular flexibility index (Phi) is 4.91. The van der Waals surface area contributed by atoms with Crippen LogP contribution >= 0.6 is 24.0 Å². The SMILES string of the molecule is CSC1(CNc2nc(C)cc(C)c2C(N)=S)CCCC1. The molecule has 1 fully saturated rings. The zero-order valence-corrected chi connectivity index (χ0v) is 14.1. The number of nitrogens with one attached hydrogen (secondary N) is 1. The first-order chi connectivity index (χ1) is 9.47. The van der Waals surface area contributed by atoms with Gasteiger partial charge in [0.25, 0.3) is 0 Å². The maximum absolute atomic E-state index is 5.86. The minimum Gasteiger partial charge on any atom is -0.389 e. The zero-order valence-electron chi connectivity index (χ0n) is 12.5. The third-order valence-electron chi connectivity index (χ3n) is 4.12. The maximum Gasteiger partial charge on any atom is 0.136 e. The van der Waals surface area contributed by atoms with Crippen LogP contribution < -0.4 is 11.1 Å². The van der Waals surface area contributed by atoms with Crippen LogP contribution in [0.3, 0.4) is 0 Å². The Bertz CT molecular complexity index is 508. The first-order valence-corrected chi connectivity index (χ1v) is 8.68. The molecule has 1 aliphatic carbocycles. The molecule has 3 nitrogen and oxygen atoms in total. The molecule has 0 unspecified atom stereocenters. The van der Waals surface area contributed by atoms with Gasteiger partial charge in [0, 0.05) is 17.0 Å². The average molecular weight is 310 g/mol. The lowest BCUT2D eigenvalue weighted by atomic mass is 10.1. The molecule has 20 heavy (non-hydrogen) atoms. The second-order valence-corrected chi connectivity index (χ2v) is 7.33. The highest BCUT2D eigenvalue weighted by Crippen LogP contribution is 2.40. The fourth-order valence-corrected chi connectivity index (χ4v) is 4.16. The van der Waals surface area contributed by atoms with Crippen LogP contribution in [0.15, 0.2) is 6.07 Å². The van der Waals surface area contributed by atoms with Crippen molar-refractivity contribution in [3.63, 3.8) is 0 Å². The molecule has 2 rings (SSSR count). The highest BCUT2D eigenvalue weighted by molar-refractivity contribution is 8.00. The van der Waals surface area contributed by atoms with Gasteiger partial charge < -0.3 is 11.1 Å². The Morgan fingerprint density at radius 2 is 2.10 bits per heavy atom. The molecule has 1 aliphatic rings. The number of aromatic nitrogens is 1. The molecular weight excluding hydrogens is 286 g/mol. The van der Waals surface area contributed by atoms with Crippen molar-refractivity contribution in [2.75, 3.05) is 18.1 Å². The van der Waals surface area contributed by atoms with E-state index in [0.29, 0.717) is 9.74 Å². The van der Waals surface area contributed by atoms with Crippen LogP contribution in [0.4, 0.5) is 5.82 Å². The molecule has 0 aliphatic heterocycles. The molecule has 0 saturated heterocycles. The van der Waals surface area contributed by atoms with Crippen LogP contribution in [-0.4, -0.2) is 27.5 Å². The number of anilines is 1. The Morgan fingerprint density at radius 1 is 1.45 bits per heavy atom. The van der Waals surface area contributed by atoms with Crippen molar-refractivity contribution in [2.45, 2.75) is 44.3 Å². The highest BCUT2D eigenvalue weighted by atomic mass is 32.2. The summed E-state index contributed by atoms with van der Waals surface area (Å²) in [5.41, 5.74) is 8.84. The van der Waals surface area contributed by atoms with Gasteiger partial charge in [-0.05, 0) is 44.6 Å². The van der Waals surface area contributed by atoms with Crippen LogP contribution in [0.1, 0.15) is 42.5 Å². The molecule has 3 N–H and O–H groups in total. The zero-order chi connectivity index (χ0) is 14.8. The fraction of sp³-hybridized carbons (Fsp3) is 0.600. The second-order valence-electron chi connectivity index (χ2n) is 5.62. The van der Waals surface area contributed by atoms with E-state index >= 15 is 0 Å². The molecule has 1 aromatic heterocycles. The largest absolute Gasteiger partial charge is 0.389 e. The topological polar surface area (TPSA) is 50.9 Å². The smallest absolute Gasteiger partial charge is 0.136 e. The van der Waals surface area contributed by atoms with E-state index in [2.05, 4.69) is 16.6 Å². The number of pyridine rings is 1. The molecule has 0 spiro atoms. The first-order valence-electron chi connectivity index (χ1n) is 7.04. The fourth-order valence-electron chi connectivity index (χ4n) is 2.99. The molecule has 1 saturated carbocycles. The number of thioether (sulfide) groups is 1. The lowest BCUT2D eigenvalue weighted by Crippen LogP contribution is -2.31. The van der Waals surface area contributed by atoms with E-state index in [4.69, 9.17) is 18.0 Å². The summed E-state index contributed by atoms with van der Waals surface area (Å²) in [5, 5.41) is 3.51. The number of thiocarbonyl (C=S) groups is 1. The minimum absolute atomic E-state index is 0.340. The minimum atomic E-state index is 0.340. The number of nitrogens with zero attached hydrogens (tertiary/aromatic N) is 1. The van der Waals surface area contributed by atoms with Gasteiger partial charge in [-0.25, -0.2) is 4.98 Å². The van der Waals surface area contributed by atoms with Gasteiger partial charge in [-0.3, -0.25) is 0 Å².